The van der Waals surface area contributed by atoms with Crippen molar-refractivity contribution in [3.63, 3.8) is 0 Å². The number of nitrogens with one attached hydrogen (secondary N) is 1. The highest BCUT2D eigenvalue weighted by molar-refractivity contribution is 6.29. The number of nitrogen functional groups attached to an aromatic ring is 2. The van der Waals surface area contributed by atoms with Crippen LogP contribution in [0.5, 0.6) is 0 Å². The maximum Gasteiger partial charge on any atom is 0.159 e. The van der Waals surface area contributed by atoms with Gasteiger partial charge in [-0.15, -0.1) is 0 Å². The molecule has 0 unspecified atom stereocenters. The number of anilines is 3. The Kier molecular flexibility index (Phi) is 6.52. The van der Waals surface area contributed by atoms with Crippen LogP contribution in [0, 0.1) is 0 Å². The third-order valence-corrected chi connectivity index (χ3v) is 5.47. The maximum absolute atomic E-state index is 5.84. The summed E-state index contributed by atoms with van der Waals surface area (Å²) >= 11 is 5.81. The van der Waals surface area contributed by atoms with Crippen molar-refractivity contribution in [2.75, 3.05) is 16.8 Å². The zero-order valence-electron chi connectivity index (χ0n) is 20.1. The monoisotopic (exact) mass is 513 g/mol. The fraction of sp³-hybridized carbons (Fsp3) is 0.120. The molecular weight excluding hydrogens is 490 g/mol. The Morgan fingerprint density at radius 3 is 1.84 bits per heavy atom. The molecule has 0 aliphatic carbocycles. The van der Waals surface area contributed by atoms with Crippen molar-refractivity contribution in [3.8, 4) is 11.6 Å². The Bertz CT molecular complexity index is 1690. The minimum absolute atomic E-state index is 0.301. The molecule has 0 amide bonds. The Morgan fingerprint density at radius 2 is 1.30 bits per heavy atom. The SMILES string of the molecule is CC(C)Nc1cncc(-n2cnc3ccc(N)cc32)n1.Nc1ccc2ncn(-c3cncc(Cl)n3)c2c1. The van der Waals surface area contributed by atoms with Crippen LogP contribution in [0.4, 0.5) is 17.2 Å². The molecule has 186 valence electrons. The van der Waals surface area contributed by atoms with Crippen LogP contribution in [0.2, 0.25) is 5.15 Å². The predicted molar refractivity (Wildman–Crippen MR) is 146 cm³/mol. The van der Waals surface area contributed by atoms with Crippen molar-refractivity contribution >= 4 is 50.9 Å². The van der Waals surface area contributed by atoms with E-state index in [2.05, 4.69) is 49.1 Å². The van der Waals surface area contributed by atoms with Gasteiger partial charge in [-0.1, -0.05) is 11.6 Å². The summed E-state index contributed by atoms with van der Waals surface area (Å²) in [5.74, 6) is 2.07. The van der Waals surface area contributed by atoms with Gasteiger partial charge in [0.25, 0.3) is 0 Å². The molecule has 6 aromatic rings. The van der Waals surface area contributed by atoms with E-state index >= 15 is 0 Å². The summed E-state index contributed by atoms with van der Waals surface area (Å²) in [7, 11) is 0. The summed E-state index contributed by atoms with van der Waals surface area (Å²) in [4.78, 5) is 25.5. The molecule has 4 aromatic heterocycles. The number of hydrogen-bond donors (Lipinski definition) is 3. The van der Waals surface area contributed by atoms with Crippen molar-refractivity contribution in [3.05, 3.63) is 79.0 Å². The highest BCUT2D eigenvalue weighted by Gasteiger charge is 2.08. The van der Waals surface area contributed by atoms with E-state index < -0.39 is 0 Å². The van der Waals surface area contributed by atoms with Crippen LogP contribution in [0.25, 0.3) is 33.7 Å². The smallest absolute Gasteiger partial charge is 0.159 e. The zero-order chi connectivity index (χ0) is 25.9. The molecule has 0 spiro atoms. The Balaban J connectivity index is 0.000000153. The van der Waals surface area contributed by atoms with Gasteiger partial charge in [-0.3, -0.25) is 19.1 Å². The summed E-state index contributed by atoms with van der Waals surface area (Å²) in [6.07, 6.45) is 9.92. The molecule has 2 aromatic carbocycles. The van der Waals surface area contributed by atoms with Crippen LogP contribution in [-0.4, -0.2) is 45.1 Å². The molecule has 0 aliphatic heterocycles. The molecule has 37 heavy (non-hydrogen) atoms. The number of aromatic nitrogens is 8. The third-order valence-electron chi connectivity index (χ3n) is 5.29. The van der Waals surface area contributed by atoms with Crippen molar-refractivity contribution in [1.82, 2.24) is 39.0 Å². The molecule has 0 saturated carbocycles. The fourth-order valence-electron chi connectivity index (χ4n) is 3.70. The average Bonchev–Trinajstić information content (AvgIpc) is 3.48. The maximum atomic E-state index is 5.84. The van der Waals surface area contributed by atoms with Gasteiger partial charge in [0.05, 0.1) is 46.9 Å². The molecular formula is C25H24ClN11. The topological polar surface area (TPSA) is 151 Å². The largest absolute Gasteiger partial charge is 0.399 e. The van der Waals surface area contributed by atoms with Gasteiger partial charge in [0.1, 0.15) is 23.6 Å². The van der Waals surface area contributed by atoms with Crippen LogP contribution < -0.4 is 16.8 Å². The minimum atomic E-state index is 0.301. The molecule has 0 radical (unpaired) electrons. The lowest BCUT2D eigenvalue weighted by molar-refractivity contribution is 0.878. The summed E-state index contributed by atoms with van der Waals surface area (Å²) < 4.78 is 3.68. The van der Waals surface area contributed by atoms with E-state index in [1.54, 1.807) is 35.8 Å². The summed E-state index contributed by atoms with van der Waals surface area (Å²) in [6.45, 7) is 4.11. The van der Waals surface area contributed by atoms with E-state index in [0.29, 0.717) is 34.2 Å². The van der Waals surface area contributed by atoms with Gasteiger partial charge in [-0.05, 0) is 50.2 Å². The number of imidazole rings is 2. The molecule has 0 saturated heterocycles. The second-order valence-corrected chi connectivity index (χ2v) is 8.87. The lowest BCUT2D eigenvalue weighted by atomic mass is 10.3. The van der Waals surface area contributed by atoms with Gasteiger partial charge >= 0.3 is 0 Å². The normalized spacial score (nSPS) is 11.0. The van der Waals surface area contributed by atoms with E-state index in [4.69, 9.17) is 23.1 Å². The van der Waals surface area contributed by atoms with Gasteiger partial charge in [0, 0.05) is 17.4 Å². The highest BCUT2D eigenvalue weighted by Crippen LogP contribution is 2.21. The van der Waals surface area contributed by atoms with E-state index in [0.717, 1.165) is 27.9 Å². The van der Waals surface area contributed by atoms with E-state index in [1.165, 1.54) is 6.20 Å². The van der Waals surface area contributed by atoms with Gasteiger partial charge in [-0.2, -0.15) is 0 Å². The van der Waals surface area contributed by atoms with Crippen molar-refractivity contribution in [2.45, 2.75) is 19.9 Å². The van der Waals surface area contributed by atoms with Crippen molar-refractivity contribution in [1.29, 1.82) is 0 Å². The molecule has 0 atom stereocenters. The van der Waals surface area contributed by atoms with Crippen LogP contribution in [-0.2, 0) is 0 Å². The Morgan fingerprint density at radius 1 is 0.757 bits per heavy atom. The summed E-state index contributed by atoms with van der Waals surface area (Å²) in [5.41, 5.74) is 16.5. The van der Waals surface area contributed by atoms with Gasteiger partial charge in [0.15, 0.2) is 11.6 Å². The second kappa shape index (κ2) is 10.1. The lowest BCUT2D eigenvalue weighted by Gasteiger charge is -2.10. The van der Waals surface area contributed by atoms with E-state index in [-0.39, 0.29) is 0 Å². The molecule has 11 nitrogen and oxygen atoms in total. The number of benzene rings is 2. The first-order valence-corrected chi connectivity index (χ1v) is 11.8. The van der Waals surface area contributed by atoms with Gasteiger partial charge in [-0.25, -0.2) is 19.9 Å². The fourth-order valence-corrected chi connectivity index (χ4v) is 3.84. The number of nitrogens with zero attached hydrogens (tertiary/aromatic N) is 8. The number of halogens is 1. The number of fused-ring (bicyclic) bond motifs is 2. The van der Waals surface area contributed by atoms with Crippen LogP contribution in [0.1, 0.15) is 13.8 Å². The van der Waals surface area contributed by atoms with Crippen LogP contribution in [0.3, 0.4) is 0 Å². The number of hydrogen-bond acceptors (Lipinski definition) is 9. The summed E-state index contributed by atoms with van der Waals surface area (Å²) in [5, 5.41) is 3.58. The number of nitrogens with two attached hydrogens (primary N) is 2. The van der Waals surface area contributed by atoms with E-state index in [9.17, 15) is 0 Å². The van der Waals surface area contributed by atoms with Gasteiger partial charge < -0.3 is 16.8 Å². The molecule has 6 rings (SSSR count). The predicted octanol–water partition coefficient (Wildman–Crippen LogP) is 4.27. The van der Waals surface area contributed by atoms with E-state index in [1.807, 2.05) is 41.0 Å². The molecule has 0 aliphatic rings. The zero-order valence-corrected chi connectivity index (χ0v) is 20.9. The molecule has 0 bridgehead atoms. The van der Waals surface area contributed by atoms with Crippen LogP contribution in [0.15, 0.2) is 73.8 Å². The van der Waals surface area contributed by atoms with Gasteiger partial charge in [0.2, 0.25) is 0 Å². The quantitative estimate of drug-likeness (QED) is 0.293. The van der Waals surface area contributed by atoms with Crippen LogP contribution >= 0.6 is 11.6 Å². The minimum Gasteiger partial charge on any atom is -0.399 e. The molecule has 4 heterocycles. The summed E-state index contributed by atoms with van der Waals surface area (Å²) in [6, 6.07) is 11.4. The number of rotatable bonds is 4. The first-order valence-electron chi connectivity index (χ1n) is 11.4. The first kappa shape index (κ1) is 23.9. The standard InChI is InChI=1S/C14H16N6.C11H8ClN5/c1-9(2)18-13-6-16-7-14(19-13)20-8-17-11-4-3-10(15)5-12(11)20;12-10-4-14-5-11(16-10)17-6-15-8-2-1-7(13)3-9(8)17/h3-9H,15H2,1-2H3,(H,18,19);1-6H,13H2. The third kappa shape index (κ3) is 5.26. The molecule has 5 N–H and O–H groups in total. The average molecular weight is 514 g/mol. The molecule has 0 fully saturated rings. The second-order valence-electron chi connectivity index (χ2n) is 8.49. The Hall–Kier alpha value is -4.77. The Labute approximate surface area is 217 Å². The van der Waals surface area contributed by atoms with Crippen molar-refractivity contribution in [2.24, 2.45) is 0 Å². The first-order chi connectivity index (χ1) is 17.9. The lowest BCUT2D eigenvalue weighted by Crippen LogP contribution is -2.12. The highest BCUT2D eigenvalue weighted by atomic mass is 35.5. The van der Waals surface area contributed by atoms with Crippen molar-refractivity contribution < 1.29 is 0 Å². The molecule has 12 heteroatoms.